The molecule has 2 heterocycles. The van der Waals surface area contributed by atoms with E-state index in [1.807, 2.05) is 55.5 Å². The zero-order valence-corrected chi connectivity index (χ0v) is 20.1. The zero-order valence-electron chi connectivity index (χ0n) is 20.1. The summed E-state index contributed by atoms with van der Waals surface area (Å²) in [6.45, 7) is 2.97. The van der Waals surface area contributed by atoms with E-state index in [4.69, 9.17) is 13.9 Å². The number of rotatable bonds is 15. The first kappa shape index (κ1) is 25.5. The molecule has 0 unspecified atom stereocenters. The third-order valence-corrected chi connectivity index (χ3v) is 5.75. The molecular weight excluding hydrogens is 430 g/mol. The predicted octanol–water partition coefficient (Wildman–Crippen LogP) is 6.70. The molecule has 0 N–H and O–H groups in total. The molecule has 2 aromatic heterocycles. The van der Waals surface area contributed by atoms with Crippen molar-refractivity contribution < 1.29 is 18.7 Å². The highest BCUT2D eigenvalue weighted by Crippen LogP contribution is 2.22. The molecule has 182 valence electrons. The number of unbranched alkanes of at least 4 members (excludes halogenated alkanes) is 8. The Kier molecular flexibility index (Phi) is 10.6. The molecule has 0 atom stereocenters. The lowest BCUT2D eigenvalue weighted by Crippen LogP contribution is -2.04. The molecule has 0 spiro atoms. The Labute approximate surface area is 201 Å². The van der Waals surface area contributed by atoms with Crippen molar-refractivity contribution >= 4 is 17.1 Å². The summed E-state index contributed by atoms with van der Waals surface area (Å²) in [4.78, 5) is 27.8. The summed E-state index contributed by atoms with van der Waals surface area (Å²) in [5.74, 6) is 0.372. The number of carbonyl (C=O) groups is 1. The number of esters is 1. The number of fused-ring (bicyclic) bond motifs is 1. The molecule has 0 bridgehead atoms. The molecule has 0 aliphatic rings. The second-order valence-corrected chi connectivity index (χ2v) is 8.46. The van der Waals surface area contributed by atoms with Gasteiger partial charge in [0.25, 0.3) is 0 Å². The van der Waals surface area contributed by atoms with Crippen LogP contribution in [0.5, 0.6) is 5.88 Å². The Hall–Kier alpha value is -3.15. The minimum atomic E-state index is -0.400. The van der Waals surface area contributed by atoms with Gasteiger partial charge in [-0.15, -0.1) is 0 Å². The van der Waals surface area contributed by atoms with Gasteiger partial charge in [-0.2, -0.15) is 4.98 Å². The maximum Gasteiger partial charge on any atom is 0.345 e. The van der Waals surface area contributed by atoms with Gasteiger partial charge in [-0.3, -0.25) is 4.79 Å². The van der Waals surface area contributed by atoms with Gasteiger partial charge in [-0.1, -0.05) is 82.2 Å². The van der Waals surface area contributed by atoms with Gasteiger partial charge in [0.15, 0.2) is 0 Å². The summed E-state index contributed by atoms with van der Waals surface area (Å²) in [6.07, 6.45) is 10.7. The summed E-state index contributed by atoms with van der Waals surface area (Å²) in [6, 6.07) is 15.0. The Morgan fingerprint density at radius 3 is 2.18 bits per heavy atom. The Balaban J connectivity index is 1.29. The average Bonchev–Trinajstić information content (AvgIpc) is 2.86. The van der Waals surface area contributed by atoms with Crippen LogP contribution >= 0.6 is 0 Å². The van der Waals surface area contributed by atoms with E-state index in [2.05, 4.69) is 4.98 Å². The fourth-order valence-corrected chi connectivity index (χ4v) is 3.79. The maximum absolute atomic E-state index is 12.4. The molecule has 0 aliphatic carbocycles. The van der Waals surface area contributed by atoms with Crippen molar-refractivity contribution in [3.05, 3.63) is 59.0 Å². The van der Waals surface area contributed by atoms with Gasteiger partial charge in [0.2, 0.25) is 11.6 Å². The SMILES string of the molecule is CCC(=O)OCCCCCCCCCCCOc1ccc2cc(-c3ccccc3)c(=O)oc2n1. The second-order valence-electron chi connectivity index (χ2n) is 8.46. The van der Waals surface area contributed by atoms with Gasteiger partial charge in [0.05, 0.1) is 18.8 Å². The van der Waals surface area contributed by atoms with Gasteiger partial charge in [0, 0.05) is 17.9 Å². The standard InChI is InChI=1S/C28H35NO5/c1-2-26(30)33-20-14-9-7-5-3-4-6-8-13-19-32-25-18-17-23-21-24(22-15-11-10-12-16-22)28(31)34-27(23)29-25/h10-12,15-18,21H,2-9,13-14,19-20H2,1H3. The van der Waals surface area contributed by atoms with Crippen LogP contribution in [0.15, 0.2) is 57.7 Å². The summed E-state index contributed by atoms with van der Waals surface area (Å²) >= 11 is 0. The molecule has 3 aromatic rings. The summed E-state index contributed by atoms with van der Waals surface area (Å²) in [5, 5.41) is 0.771. The van der Waals surface area contributed by atoms with Crippen LogP contribution in [0.25, 0.3) is 22.2 Å². The molecule has 0 aliphatic heterocycles. The van der Waals surface area contributed by atoms with Crippen molar-refractivity contribution in [1.82, 2.24) is 4.98 Å². The largest absolute Gasteiger partial charge is 0.478 e. The predicted molar refractivity (Wildman–Crippen MR) is 134 cm³/mol. The Morgan fingerprint density at radius 2 is 1.50 bits per heavy atom. The summed E-state index contributed by atoms with van der Waals surface area (Å²) in [7, 11) is 0. The lowest BCUT2D eigenvalue weighted by molar-refractivity contribution is -0.143. The minimum absolute atomic E-state index is 0.107. The smallest absolute Gasteiger partial charge is 0.345 e. The highest BCUT2D eigenvalue weighted by molar-refractivity contribution is 5.79. The van der Waals surface area contributed by atoms with E-state index in [9.17, 15) is 9.59 Å². The highest BCUT2D eigenvalue weighted by atomic mass is 16.5. The number of ether oxygens (including phenoxy) is 2. The van der Waals surface area contributed by atoms with Crippen molar-refractivity contribution in [2.24, 2.45) is 0 Å². The number of hydrogen-bond donors (Lipinski definition) is 0. The second kappa shape index (κ2) is 14.2. The van der Waals surface area contributed by atoms with E-state index in [-0.39, 0.29) is 5.97 Å². The molecule has 3 rings (SSSR count). The molecule has 0 saturated carbocycles. The van der Waals surface area contributed by atoms with Gasteiger partial charge < -0.3 is 13.9 Å². The van der Waals surface area contributed by atoms with Gasteiger partial charge in [-0.25, -0.2) is 4.79 Å². The lowest BCUT2D eigenvalue weighted by atomic mass is 10.1. The van der Waals surface area contributed by atoms with Crippen molar-refractivity contribution in [2.45, 2.75) is 71.1 Å². The minimum Gasteiger partial charge on any atom is -0.478 e. The third-order valence-electron chi connectivity index (χ3n) is 5.75. The number of carbonyl (C=O) groups excluding carboxylic acids is 1. The van der Waals surface area contributed by atoms with Crippen LogP contribution in [-0.4, -0.2) is 24.2 Å². The topological polar surface area (TPSA) is 78.6 Å². The van der Waals surface area contributed by atoms with E-state index in [1.165, 1.54) is 32.1 Å². The third kappa shape index (κ3) is 8.32. The van der Waals surface area contributed by atoms with Gasteiger partial charge in [-0.05, 0) is 30.5 Å². The van der Waals surface area contributed by atoms with Crippen LogP contribution < -0.4 is 10.4 Å². The Bertz CT molecular complexity index is 1080. The maximum atomic E-state index is 12.4. The van der Waals surface area contributed by atoms with Crippen LogP contribution in [-0.2, 0) is 9.53 Å². The van der Waals surface area contributed by atoms with Gasteiger partial charge in [0.1, 0.15) is 0 Å². The van der Waals surface area contributed by atoms with Crippen molar-refractivity contribution in [3.8, 4) is 17.0 Å². The molecule has 34 heavy (non-hydrogen) atoms. The first-order chi connectivity index (χ1) is 16.7. The van der Waals surface area contributed by atoms with Crippen LogP contribution in [0.2, 0.25) is 0 Å². The molecule has 6 nitrogen and oxygen atoms in total. The number of pyridine rings is 1. The molecule has 6 heteroatoms. The average molecular weight is 466 g/mol. The van der Waals surface area contributed by atoms with Crippen molar-refractivity contribution in [3.63, 3.8) is 0 Å². The van der Waals surface area contributed by atoms with E-state index < -0.39 is 5.63 Å². The van der Waals surface area contributed by atoms with Crippen LogP contribution in [0.4, 0.5) is 0 Å². The molecule has 1 aromatic carbocycles. The van der Waals surface area contributed by atoms with Crippen LogP contribution in [0.3, 0.4) is 0 Å². The zero-order chi connectivity index (χ0) is 24.0. The number of nitrogens with zero attached hydrogens (tertiary/aromatic N) is 1. The fraction of sp³-hybridized carbons (Fsp3) is 0.464. The first-order valence-corrected chi connectivity index (χ1v) is 12.5. The molecule has 0 fully saturated rings. The van der Waals surface area contributed by atoms with E-state index in [0.717, 1.165) is 36.6 Å². The molecule has 0 radical (unpaired) electrons. The summed E-state index contributed by atoms with van der Waals surface area (Å²) in [5.41, 5.74) is 1.25. The normalized spacial score (nSPS) is 11.0. The fourth-order valence-electron chi connectivity index (χ4n) is 3.79. The van der Waals surface area contributed by atoms with E-state index >= 15 is 0 Å². The quantitative estimate of drug-likeness (QED) is 0.184. The molecule has 0 amide bonds. The van der Waals surface area contributed by atoms with E-state index in [0.29, 0.717) is 36.8 Å². The number of hydrogen-bond acceptors (Lipinski definition) is 6. The monoisotopic (exact) mass is 465 g/mol. The molecule has 0 saturated heterocycles. The summed E-state index contributed by atoms with van der Waals surface area (Å²) < 4.78 is 16.3. The van der Waals surface area contributed by atoms with E-state index in [1.54, 1.807) is 0 Å². The van der Waals surface area contributed by atoms with Gasteiger partial charge >= 0.3 is 11.6 Å². The van der Waals surface area contributed by atoms with Crippen LogP contribution in [0.1, 0.15) is 71.1 Å². The number of benzene rings is 1. The lowest BCUT2D eigenvalue weighted by Gasteiger charge is -2.07. The van der Waals surface area contributed by atoms with Crippen molar-refractivity contribution in [2.75, 3.05) is 13.2 Å². The highest BCUT2D eigenvalue weighted by Gasteiger charge is 2.09. The number of aromatic nitrogens is 1. The first-order valence-electron chi connectivity index (χ1n) is 12.5. The molecular formula is C28H35NO5. The van der Waals surface area contributed by atoms with Crippen LogP contribution in [0, 0.1) is 0 Å². The van der Waals surface area contributed by atoms with Crippen molar-refractivity contribution in [1.29, 1.82) is 0 Å². The Morgan fingerprint density at radius 1 is 0.853 bits per heavy atom.